The molecule has 3 N–H and O–H groups in total. The maximum absolute atomic E-state index is 11.5. The van der Waals surface area contributed by atoms with Gasteiger partial charge < -0.3 is 15.5 Å². The fourth-order valence-corrected chi connectivity index (χ4v) is 1.50. The van der Waals surface area contributed by atoms with Crippen molar-refractivity contribution in [1.29, 1.82) is 0 Å². The molecule has 0 aromatic rings. The van der Waals surface area contributed by atoms with Gasteiger partial charge in [0.05, 0.1) is 0 Å². The summed E-state index contributed by atoms with van der Waals surface area (Å²) in [6.07, 6.45) is 2.10. The number of rotatable bonds is 9. The fraction of sp³-hybridized carbons (Fsp3) is 0.750. The Morgan fingerprint density at radius 3 is 2.00 bits per heavy atom. The number of carbonyl (C=O) groups excluding carboxylic acids is 1. The second-order valence-electron chi connectivity index (χ2n) is 4.58. The zero-order valence-electron chi connectivity index (χ0n) is 10.8. The zero-order chi connectivity index (χ0) is 14.1. The molecule has 1 atom stereocenters. The topological polar surface area (TPSA) is 104 Å². The van der Waals surface area contributed by atoms with E-state index in [4.69, 9.17) is 10.2 Å². The lowest BCUT2D eigenvalue weighted by Crippen LogP contribution is -2.44. The molecule has 6 nitrogen and oxygen atoms in total. The molecule has 0 aliphatic rings. The van der Waals surface area contributed by atoms with Crippen molar-refractivity contribution in [2.45, 2.75) is 52.0 Å². The Balaban J connectivity index is 3.82. The van der Waals surface area contributed by atoms with Crippen LogP contribution in [0, 0.1) is 5.92 Å². The second kappa shape index (κ2) is 8.49. The zero-order valence-corrected chi connectivity index (χ0v) is 10.8. The first-order chi connectivity index (χ1) is 8.34. The minimum absolute atomic E-state index is 0.103. The highest BCUT2D eigenvalue weighted by atomic mass is 16.4. The van der Waals surface area contributed by atoms with Crippen LogP contribution in [0.25, 0.3) is 0 Å². The molecular formula is C12H21NO5. The minimum atomic E-state index is -1.04. The summed E-state index contributed by atoms with van der Waals surface area (Å²) in [5.74, 6) is -2.35. The highest BCUT2D eigenvalue weighted by Gasteiger charge is 2.22. The highest BCUT2D eigenvalue weighted by Crippen LogP contribution is 2.05. The van der Waals surface area contributed by atoms with Gasteiger partial charge in [0.15, 0.2) is 0 Å². The molecule has 0 aliphatic heterocycles. The molecule has 0 aromatic heterocycles. The van der Waals surface area contributed by atoms with Crippen molar-refractivity contribution in [2.75, 3.05) is 0 Å². The van der Waals surface area contributed by atoms with E-state index < -0.39 is 18.0 Å². The summed E-state index contributed by atoms with van der Waals surface area (Å²) in [7, 11) is 0. The Hall–Kier alpha value is -1.59. The number of carboxylic acid groups (broad SMARTS) is 2. The van der Waals surface area contributed by atoms with Gasteiger partial charge in [0.25, 0.3) is 0 Å². The van der Waals surface area contributed by atoms with E-state index in [1.165, 1.54) is 0 Å². The summed E-state index contributed by atoms with van der Waals surface area (Å²) in [4.78, 5) is 32.6. The van der Waals surface area contributed by atoms with Crippen LogP contribution in [0.3, 0.4) is 0 Å². The first-order valence-corrected chi connectivity index (χ1v) is 6.08. The quantitative estimate of drug-likeness (QED) is 0.540. The van der Waals surface area contributed by atoms with Gasteiger partial charge in [-0.2, -0.15) is 0 Å². The van der Waals surface area contributed by atoms with Crippen molar-refractivity contribution in [1.82, 2.24) is 5.32 Å². The molecule has 0 aromatic carbocycles. The number of hydrogen-bond acceptors (Lipinski definition) is 3. The van der Waals surface area contributed by atoms with Crippen LogP contribution in [0.15, 0.2) is 0 Å². The average Bonchev–Trinajstić information content (AvgIpc) is 2.24. The summed E-state index contributed by atoms with van der Waals surface area (Å²) in [5, 5.41) is 19.8. The van der Waals surface area contributed by atoms with Crippen LogP contribution < -0.4 is 5.32 Å². The third kappa shape index (κ3) is 7.65. The Labute approximate surface area is 106 Å². The van der Waals surface area contributed by atoms with Gasteiger partial charge in [-0.15, -0.1) is 0 Å². The van der Waals surface area contributed by atoms with Gasteiger partial charge in [0, 0.05) is 12.8 Å². The number of nitrogens with one attached hydrogen (secondary N) is 1. The molecule has 0 aliphatic carbocycles. The first kappa shape index (κ1) is 16.4. The van der Waals surface area contributed by atoms with Crippen molar-refractivity contribution in [3.63, 3.8) is 0 Å². The number of carboxylic acids is 2. The minimum Gasteiger partial charge on any atom is -0.481 e. The summed E-state index contributed by atoms with van der Waals surface area (Å²) in [5.41, 5.74) is 0. The van der Waals surface area contributed by atoms with E-state index in [0.717, 1.165) is 0 Å². The fourth-order valence-electron chi connectivity index (χ4n) is 1.50. The van der Waals surface area contributed by atoms with Crippen LogP contribution in [-0.2, 0) is 14.4 Å². The molecule has 6 heteroatoms. The normalized spacial score (nSPS) is 12.2. The van der Waals surface area contributed by atoms with E-state index in [0.29, 0.717) is 19.3 Å². The molecule has 0 heterocycles. The second-order valence-corrected chi connectivity index (χ2v) is 4.58. The largest absolute Gasteiger partial charge is 0.481 e. The number of unbranched alkanes of at least 4 members (excludes halogenated alkanes) is 2. The van der Waals surface area contributed by atoms with Crippen molar-refractivity contribution in [3.05, 3.63) is 0 Å². The Morgan fingerprint density at radius 1 is 1.00 bits per heavy atom. The molecule has 0 saturated heterocycles. The van der Waals surface area contributed by atoms with E-state index in [2.05, 4.69) is 5.32 Å². The van der Waals surface area contributed by atoms with Gasteiger partial charge in [0.2, 0.25) is 5.91 Å². The number of amides is 1. The molecule has 1 amide bonds. The monoisotopic (exact) mass is 259 g/mol. The van der Waals surface area contributed by atoms with Gasteiger partial charge in [-0.1, -0.05) is 20.3 Å². The van der Waals surface area contributed by atoms with Gasteiger partial charge in [0.1, 0.15) is 6.04 Å². The Kier molecular flexibility index (Phi) is 7.74. The standard InChI is InChI=1S/C12H21NO5/c1-8(2)11(12(17)18)13-9(14)6-4-3-5-7-10(15)16/h8,11H,3-7H2,1-2H3,(H,13,14)(H,15,16)(H,17,18)/t11-/m0/s1. The summed E-state index contributed by atoms with van der Waals surface area (Å²) in [6.45, 7) is 3.46. The lowest BCUT2D eigenvalue weighted by atomic mass is 10.0. The van der Waals surface area contributed by atoms with E-state index in [1.54, 1.807) is 13.8 Å². The molecule has 104 valence electrons. The van der Waals surface area contributed by atoms with Crippen LogP contribution in [0.2, 0.25) is 0 Å². The summed E-state index contributed by atoms with van der Waals surface area (Å²) < 4.78 is 0. The van der Waals surface area contributed by atoms with Crippen LogP contribution in [0.5, 0.6) is 0 Å². The SMILES string of the molecule is CC(C)[C@H](NC(=O)CCCCCC(=O)O)C(=O)O. The highest BCUT2D eigenvalue weighted by molar-refractivity contribution is 5.83. The average molecular weight is 259 g/mol. The van der Waals surface area contributed by atoms with Gasteiger partial charge in [-0.3, -0.25) is 9.59 Å². The van der Waals surface area contributed by atoms with Gasteiger partial charge in [-0.05, 0) is 18.8 Å². The maximum Gasteiger partial charge on any atom is 0.326 e. The molecule has 0 fully saturated rings. The van der Waals surface area contributed by atoms with E-state index in [1.807, 2.05) is 0 Å². The smallest absolute Gasteiger partial charge is 0.326 e. The third-order valence-corrected chi connectivity index (χ3v) is 2.54. The van der Waals surface area contributed by atoms with E-state index >= 15 is 0 Å². The van der Waals surface area contributed by atoms with Crippen LogP contribution in [0.4, 0.5) is 0 Å². The van der Waals surface area contributed by atoms with E-state index in [-0.39, 0.29) is 24.7 Å². The molecule has 18 heavy (non-hydrogen) atoms. The molecular weight excluding hydrogens is 238 g/mol. The predicted octanol–water partition coefficient (Wildman–Crippen LogP) is 1.25. The van der Waals surface area contributed by atoms with Crippen LogP contribution >= 0.6 is 0 Å². The molecule has 0 unspecified atom stereocenters. The predicted molar refractivity (Wildman–Crippen MR) is 65.1 cm³/mol. The summed E-state index contributed by atoms with van der Waals surface area (Å²) in [6, 6.07) is -0.864. The van der Waals surface area contributed by atoms with Crippen molar-refractivity contribution >= 4 is 17.8 Å². The summed E-state index contributed by atoms with van der Waals surface area (Å²) >= 11 is 0. The van der Waals surface area contributed by atoms with Crippen molar-refractivity contribution in [3.8, 4) is 0 Å². The Morgan fingerprint density at radius 2 is 1.56 bits per heavy atom. The number of carbonyl (C=O) groups is 3. The molecule has 0 radical (unpaired) electrons. The van der Waals surface area contributed by atoms with Gasteiger partial charge in [-0.25, -0.2) is 4.79 Å². The molecule has 0 rings (SSSR count). The lowest BCUT2D eigenvalue weighted by Gasteiger charge is -2.17. The molecule has 0 spiro atoms. The van der Waals surface area contributed by atoms with Crippen LogP contribution in [-0.4, -0.2) is 34.1 Å². The number of aliphatic carboxylic acids is 2. The molecule has 0 bridgehead atoms. The van der Waals surface area contributed by atoms with Crippen molar-refractivity contribution < 1.29 is 24.6 Å². The lowest BCUT2D eigenvalue weighted by molar-refractivity contribution is -0.143. The Bertz CT molecular complexity index is 301. The number of hydrogen-bond donors (Lipinski definition) is 3. The maximum atomic E-state index is 11.5. The van der Waals surface area contributed by atoms with Crippen molar-refractivity contribution in [2.24, 2.45) is 5.92 Å². The van der Waals surface area contributed by atoms with E-state index in [9.17, 15) is 14.4 Å². The molecule has 0 saturated carbocycles. The first-order valence-electron chi connectivity index (χ1n) is 6.08. The third-order valence-electron chi connectivity index (χ3n) is 2.54. The van der Waals surface area contributed by atoms with Crippen LogP contribution in [0.1, 0.15) is 46.0 Å². The van der Waals surface area contributed by atoms with Gasteiger partial charge >= 0.3 is 11.9 Å².